The number of benzene rings is 2. The Hall–Kier alpha value is -1.62. The predicted octanol–water partition coefficient (Wildman–Crippen LogP) is 5.81. The van der Waals surface area contributed by atoms with Crippen molar-refractivity contribution in [2.75, 3.05) is 4.31 Å². The lowest BCUT2D eigenvalue weighted by Crippen LogP contribution is -2.13. The smallest absolute Gasteiger partial charge is 0.229 e. The molecule has 102 valence electrons. The Kier molecular flexibility index (Phi) is 3.75. The molecule has 2 aromatic carbocycles. The molecule has 0 aliphatic rings. The van der Waals surface area contributed by atoms with Crippen LogP contribution in [0.1, 0.15) is 11.1 Å². The maximum absolute atomic E-state index is 13.3. The van der Waals surface area contributed by atoms with E-state index < -0.39 is 11.4 Å². The molecule has 2 aromatic rings. The topological polar surface area (TPSA) is 3.24 Å². The minimum atomic E-state index is -5.37. The molecule has 2 rings (SSSR count). The molecule has 0 N–H and O–H groups in total. The van der Waals surface area contributed by atoms with Crippen LogP contribution in [0.3, 0.4) is 0 Å². The highest BCUT2D eigenvalue weighted by Crippen LogP contribution is 2.61. The molecule has 0 atom stereocenters. The van der Waals surface area contributed by atoms with Crippen molar-refractivity contribution in [1.82, 2.24) is 0 Å². The van der Waals surface area contributed by atoms with Gasteiger partial charge in [-0.05, 0) is 43.7 Å². The van der Waals surface area contributed by atoms with Crippen molar-refractivity contribution in [3.63, 3.8) is 0 Å². The number of halogens is 3. The fourth-order valence-electron chi connectivity index (χ4n) is 1.82. The Morgan fingerprint density at radius 3 is 1.95 bits per heavy atom. The fourth-order valence-corrected chi connectivity index (χ4v) is 2.54. The van der Waals surface area contributed by atoms with Crippen LogP contribution in [0, 0.1) is 13.8 Å². The average Bonchev–Trinajstić information content (AvgIpc) is 2.30. The summed E-state index contributed by atoms with van der Waals surface area (Å²) < 4.78 is 40.5. The molecule has 5 heteroatoms. The van der Waals surface area contributed by atoms with Crippen molar-refractivity contribution in [2.45, 2.75) is 13.8 Å². The molecule has 0 aliphatic heterocycles. The van der Waals surface area contributed by atoms with Crippen molar-refractivity contribution in [3.05, 3.63) is 59.7 Å². The zero-order valence-corrected chi connectivity index (χ0v) is 11.4. The summed E-state index contributed by atoms with van der Waals surface area (Å²) in [6.45, 7) is 3.63. The van der Waals surface area contributed by atoms with Crippen LogP contribution in [0.2, 0.25) is 0 Å². The van der Waals surface area contributed by atoms with Crippen LogP contribution in [0.15, 0.2) is 48.5 Å². The summed E-state index contributed by atoms with van der Waals surface area (Å²) in [4.78, 5) is 0. The van der Waals surface area contributed by atoms with Gasteiger partial charge >= 0.3 is 11.4 Å². The van der Waals surface area contributed by atoms with E-state index in [4.69, 9.17) is 0 Å². The second-order valence-electron chi connectivity index (χ2n) is 4.35. The van der Waals surface area contributed by atoms with Gasteiger partial charge in [-0.25, -0.2) is 4.31 Å². The summed E-state index contributed by atoms with van der Waals surface area (Å²) in [6.07, 6.45) is 0. The molecule has 0 radical (unpaired) electrons. The molecule has 0 saturated carbocycles. The van der Waals surface area contributed by atoms with Crippen LogP contribution in [-0.2, 0) is 0 Å². The summed E-state index contributed by atoms with van der Waals surface area (Å²) in [6, 6.07) is 12.8. The van der Waals surface area contributed by atoms with Crippen molar-refractivity contribution < 1.29 is 11.7 Å². The quantitative estimate of drug-likeness (QED) is 0.687. The van der Waals surface area contributed by atoms with Crippen LogP contribution in [0.5, 0.6) is 0 Å². The maximum atomic E-state index is 13.3. The number of nitrogens with zero attached hydrogens (tertiary/aromatic N) is 1. The van der Waals surface area contributed by atoms with Crippen LogP contribution in [0.25, 0.3) is 0 Å². The third-order valence-corrected chi connectivity index (χ3v) is 3.55. The lowest BCUT2D eigenvalue weighted by atomic mass is 10.2. The number of rotatable bonds is 3. The van der Waals surface area contributed by atoms with Crippen LogP contribution >= 0.6 is 11.4 Å². The van der Waals surface area contributed by atoms with Crippen molar-refractivity contribution >= 4 is 22.7 Å². The summed E-state index contributed by atoms with van der Waals surface area (Å²) in [5.74, 6) is 0. The molecule has 0 unspecified atom stereocenters. The van der Waals surface area contributed by atoms with Gasteiger partial charge in [-0.2, -0.15) is 0 Å². The Morgan fingerprint density at radius 1 is 0.789 bits per heavy atom. The molecule has 1 nitrogen and oxygen atoms in total. The summed E-state index contributed by atoms with van der Waals surface area (Å²) in [5, 5.41) is 0. The van der Waals surface area contributed by atoms with Gasteiger partial charge in [0.05, 0.1) is 11.4 Å². The van der Waals surface area contributed by atoms with Gasteiger partial charge in [0.15, 0.2) is 0 Å². The average molecular weight is 285 g/mol. The molecule has 0 amide bonds. The monoisotopic (exact) mass is 285 g/mol. The van der Waals surface area contributed by atoms with E-state index >= 15 is 0 Å². The number of hydrogen-bond acceptors (Lipinski definition) is 1. The molecule has 0 spiro atoms. The first kappa shape index (κ1) is 13.8. The zero-order valence-electron chi connectivity index (χ0n) is 10.6. The van der Waals surface area contributed by atoms with E-state index in [0.717, 1.165) is 11.1 Å². The normalized spacial score (nSPS) is 12.3. The van der Waals surface area contributed by atoms with Gasteiger partial charge in [0.1, 0.15) is 0 Å². The number of hydrogen-bond donors (Lipinski definition) is 0. The molecule has 0 fully saturated rings. The third kappa shape index (κ3) is 3.23. The third-order valence-electron chi connectivity index (χ3n) is 2.71. The van der Waals surface area contributed by atoms with Crippen LogP contribution in [0.4, 0.5) is 23.0 Å². The van der Waals surface area contributed by atoms with E-state index in [2.05, 4.69) is 0 Å². The number of aryl methyl sites for hydroxylation is 2. The SMILES string of the molecule is Cc1ccc(N(c2cccc(C)c2)S(F)(F)F)cc1. The molecule has 0 aromatic heterocycles. The van der Waals surface area contributed by atoms with E-state index in [-0.39, 0.29) is 11.4 Å². The van der Waals surface area contributed by atoms with E-state index in [1.54, 1.807) is 37.3 Å². The van der Waals surface area contributed by atoms with Gasteiger partial charge in [0.25, 0.3) is 0 Å². The molecule has 0 aliphatic carbocycles. The molecule has 0 heterocycles. The Labute approximate surface area is 113 Å². The lowest BCUT2D eigenvalue weighted by Gasteiger charge is -2.29. The van der Waals surface area contributed by atoms with Gasteiger partial charge in [-0.3, -0.25) is 0 Å². The van der Waals surface area contributed by atoms with Gasteiger partial charge in [0, 0.05) is 0 Å². The molecular formula is C14H14F3NS. The Bertz CT molecular complexity index is 564. The highest BCUT2D eigenvalue weighted by atomic mass is 32.3. The zero-order chi connectivity index (χ0) is 14.0. The first-order valence-corrected chi connectivity index (χ1v) is 7.03. The van der Waals surface area contributed by atoms with Crippen LogP contribution in [-0.4, -0.2) is 0 Å². The van der Waals surface area contributed by atoms with Gasteiger partial charge in [0.2, 0.25) is 0 Å². The molecule has 0 bridgehead atoms. The van der Waals surface area contributed by atoms with E-state index in [0.29, 0.717) is 4.31 Å². The van der Waals surface area contributed by atoms with Crippen molar-refractivity contribution in [2.24, 2.45) is 0 Å². The first-order valence-electron chi connectivity index (χ1n) is 5.74. The summed E-state index contributed by atoms with van der Waals surface area (Å²) in [5.41, 5.74) is 2.05. The highest BCUT2D eigenvalue weighted by Gasteiger charge is 2.33. The minimum Gasteiger partial charge on any atom is -0.229 e. The fraction of sp³-hybridized carbons (Fsp3) is 0.143. The van der Waals surface area contributed by atoms with E-state index in [1.165, 1.54) is 18.2 Å². The Morgan fingerprint density at radius 2 is 1.42 bits per heavy atom. The Balaban J connectivity index is 2.51. The van der Waals surface area contributed by atoms with Crippen molar-refractivity contribution in [1.29, 1.82) is 0 Å². The summed E-state index contributed by atoms with van der Waals surface area (Å²) in [7, 11) is 0. The van der Waals surface area contributed by atoms with Crippen LogP contribution < -0.4 is 4.31 Å². The van der Waals surface area contributed by atoms with Gasteiger partial charge in [-0.1, -0.05) is 29.8 Å². The van der Waals surface area contributed by atoms with E-state index in [1.807, 2.05) is 6.92 Å². The first-order chi connectivity index (χ1) is 8.88. The second-order valence-corrected chi connectivity index (χ2v) is 5.48. The lowest BCUT2D eigenvalue weighted by molar-refractivity contribution is 0.633. The molecule has 19 heavy (non-hydrogen) atoms. The maximum Gasteiger partial charge on any atom is 0.306 e. The second kappa shape index (κ2) is 5.17. The highest BCUT2D eigenvalue weighted by molar-refractivity contribution is 8.22. The number of anilines is 2. The molecular weight excluding hydrogens is 271 g/mol. The predicted molar refractivity (Wildman–Crippen MR) is 75.4 cm³/mol. The van der Waals surface area contributed by atoms with Crippen molar-refractivity contribution in [3.8, 4) is 0 Å². The van der Waals surface area contributed by atoms with Gasteiger partial charge in [-0.15, -0.1) is 11.7 Å². The van der Waals surface area contributed by atoms with E-state index in [9.17, 15) is 11.7 Å². The van der Waals surface area contributed by atoms with Gasteiger partial charge < -0.3 is 0 Å². The molecule has 0 saturated heterocycles. The standard InChI is InChI=1S/C14H14F3NS/c1-11-6-8-13(9-7-11)18(19(15,16)17)14-5-3-4-12(2)10-14/h3-10H,1-2H3. The largest absolute Gasteiger partial charge is 0.306 e. The minimum absolute atomic E-state index is 0.152. The summed E-state index contributed by atoms with van der Waals surface area (Å²) >= 11 is -5.37.